The lowest BCUT2D eigenvalue weighted by Gasteiger charge is -2.41. The Bertz CT molecular complexity index is 840. The van der Waals surface area contributed by atoms with E-state index in [2.05, 4.69) is 6.92 Å². The third-order valence-corrected chi connectivity index (χ3v) is 6.85. The van der Waals surface area contributed by atoms with Crippen LogP contribution in [0, 0.1) is 35.2 Å². The summed E-state index contributed by atoms with van der Waals surface area (Å²) in [6.07, 6.45) is 7.36. The highest BCUT2D eigenvalue weighted by Crippen LogP contribution is 2.47. The van der Waals surface area contributed by atoms with Gasteiger partial charge < -0.3 is 4.74 Å². The molecular formula is C24H27F3O. The second-order valence-electron chi connectivity index (χ2n) is 8.66. The first-order chi connectivity index (χ1) is 13.5. The number of hydrogen-bond donors (Lipinski definition) is 0. The molecule has 0 aromatic heterocycles. The molecule has 0 aliphatic heterocycles. The largest absolute Gasteiger partial charge is 0.491 e. The standard InChI is InChI=1S/C24H27F3O/c1-14-3-4-16-10-17(6-5-15(16)9-14)18-7-8-20(21(25)11-18)19-12-22(26)24(28-2)23(27)13-19/h7-8,11-17H,3-6,9-10H2,1-2H3. The van der Waals surface area contributed by atoms with Crippen LogP contribution in [-0.4, -0.2) is 7.11 Å². The van der Waals surface area contributed by atoms with Crippen LogP contribution in [0.4, 0.5) is 13.2 Å². The molecular weight excluding hydrogens is 361 g/mol. The molecule has 0 N–H and O–H groups in total. The van der Waals surface area contributed by atoms with Gasteiger partial charge in [-0.25, -0.2) is 13.2 Å². The third-order valence-electron chi connectivity index (χ3n) is 6.85. The molecule has 4 atom stereocenters. The van der Waals surface area contributed by atoms with E-state index < -0.39 is 23.2 Å². The number of methoxy groups -OCH3 is 1. The lowest BCUT2D eigenvalue weighted by molar-refractivity contribution is 0.124. The zero-order valence-corrected chi connectivity index (χ0v) is 16.5. The van der Waals surface area contributed by atoms with Crippen LogP contribution in [0.25, 0.3) is 11.1 Å². The van der Waals surface area contributed by atoms with Gasteiger partial charge in [-0.2, -0.15) is 0 Å². The van der Waals surface area contributed by atoms with Crippen LogP contribution >= 0.6 is 0 Å². The van der Waals surface area contributed by atoms with E-state index in [-0.39, 0.29) is 11.1 Å². The SMILES string of the molecule is COc1c(F)cc(-c2ccc(C3CCC4CC(C)CCC4C3)cc2F)cc1F. The molecule has 28 heavy (non-hydrogen) atoms. The second kappa shape index (κ2) is 7.81. The van der Waals surface area contributed by atoms with Crippen molar-refractivity contribution in [2.24, 2.45) is 17.8 Å². The summed E-state index contributed by atoms with van der Waals surface area (Å²) in [5.74, 6) is 0.260. The van der Waals surface area contributed by atoms with Gasteiger partial charge in [0.25, 0.3) is 0 Å². The Kier molecular flexibility index (Phi) is 5.39. The molecule has 0 saturated heterocycles. The van der Waals surface area contributed by atoms with Crippen molar-refractivity contribution < 1.29 is 17.9 Å². The Labute approximate surface area is 164 Å². The molecule has 0 bridgehead atoms. The summed E-state index contributed by atoms with van der Waals surface area (Å²) >= 11 is 0. The van der Waals surface area contributed by atoms with Gasteiger partial charge in [0, 0.05) is 5.56 Å². The first kappa shape index (κ1) is 19.4. The molecule has 2 aliphatic carbocycles. The summed E-state index contributed by atoms with van der Waals surface area (Å²) in [5, 5.41) is 0. The highest BCUT2D eigenvalue weighted by molar-refractivity contribution is 5.66. The minimum atomic E-state index is -0.828. The van der Waals surface area contributed by atoms with E-state index in [0.717, 1.165) is 48.3 Å². The fourth-order valence-corrected chi connectivity index (χ4v) is 5.36. The molecule has 2 fully saturated rings. The number of ether oxygens (including phenoxy) is 1. The molecule has 4 heteroatoms. The molecule has 0 amide bonds. The number of benzene rings is 2. The summed E-state index contributed by atoms with van der Waals surface area (Å²) < 4.78 is 47.5. The molecule has 4 unspecified atom stereocenters. The predicted octanol–water partition coefficient (Wildman–Crippen LogP) is 7.10. The molecule has 0 heterocycles. The van der Waals surface area contributed by atoms with Crippen molar-refractivity contribution in [3.05, 3.63) is 53.3 Å². The van der Waals surface area contributed by atoms with E-state index in [0.29, 0.717) is 5.92 Å². The molecule has 1 nitrogen and oxygen atoms in total. The molecule has 2 aliphatic rings. The van der Waals surface area contributed by atoms with Crippen molar-refractivity contribution >= 4 is 0 Å². The van der Waals surface area contributed by atoms with Crippen LogP contribution in [0.5, 0.6) is 5.75 Å². The summed E-state index contributed by atoms with van der Waals surface area (Å²) in [6, 6.07) is 7.38. The number of fused-ring (bicyclic) bond motifs is 1. The Hall–Kier alpha value is -1.97. The van der Waals surface area contributed by atoms with Crippen LogP contribution in [-0.2, 0) is 0 Å². The Morgan fingerprint density at radius 3 is 2.18 bits per heavy atom. The second-order valence-corrected chi connectivity index (χ2v) is 8.66. The third kappa shape index (κ3) is 3.66. The quantitative estimate of drug-likeness (QED) is 0.545. The highest BCUT2D eigenvalue weighted by Gasteiger charge is 2.35. The van der Waals surface area contributed by atoms with Gasteiger partial charge in [0.05, 0.1) is 7.11 Å². The van der Waals surface area contributed by atoms with Crippen LogP contribution in [0.15, 0.2) is 30.3 Å². The molecule has 2 saturated carbocycles. The molecule has 4 rings (SSSR count). The molecule has 0 spiro atoms. The smallest absolute Gasteiger partial charge is 0.190 e. The average Bonchev–Trinajstić information content (AvgIpc) is 2.67. The molecule has 2 aromatic rings. The normalized spacial score (nSPS) is 27.3. The molecule has 2 aromatic carbocycles. The highest BCUT2D eigenvalue weighted by atomic mass is 19.1. The van der Waals surface area contributed by atoms with Crippen LogP contribution in [0.1, 0.15) is 56.9 Å². The summed E-state index contributed by atoms with van der Waals surface area (Å²) in [6.45, 7) is 2.35. The Morgan fingerprint density at radius 2 is 1.50 bits per heavy atom. The Balaban J connectivity index is 1.56. The van der Waals surface area contributed by atoms with E-state index in [1.54, 1.807) is 12.1 Å². The van der Waals surface area contributed by atoms with E-state index in [4.69, 9.17) is 4.74 Å². The number of hydrogen-bond acceptors (Lipinski definition) is 1. The maximum atomic E-state index is 14.8. The molecule has 0 radical (unpaired) electrons. The van der Waals surface area contributed by atoms with Crippen LogP contribution in [0.3, 0.4) is 0 Å². The van der Waals surface area contributed by atoms with Crippen molar-refractivity contribution in [3.8, 4) is 16.9 Å². The minimum Gasteiger partial charge on any atom is -0.491 e. The van der Waals surface area contributed by atoms with Gasteiger partial charge >= 0.3 is 0 Å². The van der Waals surface area contributed by atoms with Gasteiger partial charge in [-0.3, -0.25) is 0 Å². The minimum absolute atomic E-state index is 0.185. The van der Waals surface area contributed by atoms with Gasteiger partial charge in [-0.15, -0.1) is 0 Å². The fraction of sp³-hybridized carbons (Fsp3) is 0.500. The summed E-state index contributed by atoms with van der Waals surface area (Å²) in [4.78, 5) is 0. The topological polar surface area (TPSA) is 9.23 Å². The zero-order valence-electron chi connectivity index (χ0n) is 16.5. The van der Waals surface area contributed by atoms with Gasteiger partial charge in [-0.05, 0) is 85.1 Å². The maximum Gasteiger partial charge on any atom is 0.190 e. The predicted molar refractivity (Wildman–Crippen MR) is 105 cm³/mol. The Morgan fingerprint density at radius 1 is 0.821 bits per heavy atom. The maximum absolute atomic E-state index is 14.8. The first-order valence-corrected chi connectivity index (χ1v) is 10.3. The lowest BCUT2D eigenvalue weighted by Crippen LogP contribution is -2.29. The fourth-order valence-electron chi connectivity index (χ4n) is 5.36. The van der Waals surface area contributed by atoms with Crippen LogP contribution in [0.2, 0.25) is 0 Å². The molecule has 150 valence electrons. The van der Waals surface area contributed by atoms with Crippen LogP contribution < -0.4 is 4.74 Å². The van der Waals surface area contributed by atoms with E-state index in [1.165, 1.54) is 32.8 Å². The van der Waals surface area contributed by atoms with Gasteiger partial charge in [0.2, 0.25) is 0 Å². The van der Waals surface area contributed by atoms with Crippen molar-refractivity contribution in [2.75, 3.05) is 7.11 Å². The van der Waals surface area contributed by atoms with Gasteiger partial charge in [0.15, 0.2) is 17.4 Å². The summed E-state index contributed by atoms with van der Waals surface area (Å²) in [5.41, 5.74) is 1.40. The van der Waals surface area contributed by atoms with E-state index in [9.17, 15) is 13.2 Å². The zero-order chi connectivity index (χ0) is 19.8. The first-order valence-electron chi connectivity index (χ1n) is 10.3. The van der Waals surface area contributed by atoms with Crippen molar-refractivity contribution in [3.63, 3.8) is 0 Å². The van der Waals surface area contributed by atoms with E-state index in [1.807, 2.05) is 6.07 Å². The lowest BCUT2D eigenvalue weighted by atomic mass is 9.64. The van der Waals surface area contributed by atoms with Gasteiger partial charge in [0.1, 0.15) is 5.82 Å². The number of halogens is 3. The van der Waals surface area contributed by atoms with Crippen molar-refractivity contribution in [2.45, 2.75) is 51.4 Å². The van der Waals surface area contributed by atoms with Crippen molar-refractivity contribution in [1.29, 1.82) is 0 Å². The van der Waals surface area contributed by atoms with Gasteiger partial charge in [-0.1, -0.05) is 25.5 Å². The van der Waals surface area contributed by atoms with E-state index >= 15 is 0 Å². The number of rotatable bonds is 3. The van der Waals surface area contributed by atoms with Crippen molar-refractivity contribution in [1.82, 2.24) is 0 Å². The summed E-state index contributed by atoms with van der Waals surface area (Å²) in [7, 11) is 1.21. The average molecular weight is 388 g/mol. The monoisotopic (exact) mass is 388 g/mol.